The van der Waals surface area contributed by atoms with Crippen LogP contribution >= 0.6 is 35.2 Å². The number of nitrogen functional groups attached to an aromatic ring is 1. The summed E-state index contributed by atoms with van der Waals surface area (Å²) >= 11 is 1.14. The third-order valence-corrected chi connectivity index (χ3v) is 13.7. The summed E-state index contributed by atoms with van der Waals surface area (Å²) in [5.41, 5.74) is 4.28. The minimum Gasteiger partial charge on any atom is -0.386 e. The highest BCUT2D eigenvalue weighted by atomic mass is 32.2. The molecule has 24 nitrogen and oxygen atoms in total. The molecule has 364 valence electrons. The molecule has 0 radical (unpaired) electrons. The van der Waals surface area contributed by atoms with Gasteiger partial charge in [0.2, 0.25) is 11.8 Å². The maximum absolute atomic E-state index is 12.7. The number of carbonyl (C=O) groups excluding carboxylic acids is 3. The predicted octanol–water partition coefficient (Wildman–Crippen LogP) is 3.53. The van der Waals surface area contributed by atoms with Crippen LogP contribution in [0.3, 0.4) is 0 Å². The average molecular weight is 990 g/mol. The maximum Gasteiger partial charge on any atom is 0.481 e. The third kappa shape index (κ3) is 19.6. The number of aliphatic hydroxyl groups excluding tert-OH is 2. The van der Waals surface area contributed by atoms with Crippen molar-refractivity contribution in [3.05, 3.63) is 24.8 Å². The second-order valence-electron chi connectivity index (χ2n) is 15.6. The number of aliphatic hydroxyl groups is 2. The van der Waals surface area contributed by atoms with Crippen molar-refractivity contribution >= 4 is 69.1 Å². The van der Waals surface area contributed by atoms with E-state index in [0.29, 0.717) is 12.2 Å². The lowest BCUT2D eigenvalue weighted by Crippen LogP contribution is -2.46. The average Bonchev–Trinajstić information content (AvgIpc) is 3.78. The van der Waals surface area contributed by atoms with Crippen molar-refractivity contribution in [2.24, 2.45) is 5.41 Å². The molecule has 2 aromatic heterocycles. The van der Waals surface area contributed by atoms with E-state index < -0.39 is 84.6 Å². The highest BCUT2D eigenvalue weighted by Crippen LogP contribution is 2.61. The number of ether oxygens (including phenoxy) is 1. The zero-order chi connectivity index (χ0) is 47.6. The first kappa shape index (κ1) is 55.6. The Morgan fingerprint density at radius 2 is 1.59 bits per heavy atom. The van der Waals surface area contributed by atoms with Crippen molar-refractivity contribution in [3.8, 4) is 0 Å². The molecule has 10 N–H and O–H groups in total. The molecule has 1 fully saturated rings. The summed E-state index contributed by atoms with van der Waals surface area (Å²) in [6.45, 7) is 2.76. The minimum atomic E-state index is -5.57. The molecule has 2 amide bonds. The smallest absolute Gasteiger partial charge is 0.386 e. The summed E-state index contributed by atoms with van der Waals surface area (Å²) in [6.07, 6.45) is 9.27. The zero-order valence-electron chi connectivity index (χ0n) is 36.0. The van der Waals surface area contributed by atoms with Crippen molar-refractivity contribution in [1.82, 2.24) is 30.2 Å². The number of nitrogens with one attached hydrogen (secondary N) is 2. The van der Waals surface area contributed by atoms with E-state index in [0.717, 1.165) is 73.9 Å². The fraction of sp³-hybridized carbons (Fsp3) is 0.722. The number of allylic oxidation sites excluding steroid dienone is 2. The van der Waals surface area contributed by atoms with Gasteiger partial charge in [-0.2, -0.15) is 4.31 Å². The molecule has 0 aromatic carbocycles. The molecule has 7 atom stereocenters. The van der Waals surface area contributed by atoms with E-state index >= 15 is 0 Å². The van der Waals surface area contributed by atoms with Crippen LogP contribution in [0.15, 0.2) is 24.8 Å². The summed E-state index contributed by atoms with van der Waals surface area (Å²) in [7, 11) is -16.4. The SMILES string of the molecule is CCCCC/C=C/CCCCCCCC(=O)SCCNC(=O)CCNC(=O)C(O)C(C)(C)COP(=O)(O)OP(=O)(O)OCC1OC(n2cnc3c(N)ncnc32)C(O)C1OP(=O)(O)O. The first-order chi connectivity index (χ1) is 30.1. The van der Waals surface area contributed by atoms with E-state index in [9.17, 15) is 57.9 Å². The second kappa shape index (κ2) is 26.6. The number of rotatable bonds is 31. The Morgan fingerprint density at radius 3 is 2.28 bits per heavy atom. The van der Waals surface area contributed by atoms with Gasteiger partial charge in [-0.05, 0) is 32.1 Å². The van der Waals surface area contributed by atoms with Gasteiger partial charge >= 0.3 is 23.5 Å². The van der Waals surface area contributed by atoms with Crippen molar-refractivity contribution in [3.63, 3.8) is 0 Å². The molecule has 28 heteroatoms. The molecular formula is C36H62N7O17P3S. The van der Waals surface area contributed by atoms with Crippen LogP contribution in [0.4, 0.5) is 5.82 Å². The number of anilines is 1. The van der Waals surface area contributed by atoms with Crippen LogP contribution in [0.2, 0.25) is 0 Å². The van der Waals surface area contributed by atoms with Crippen LogP contribution in [-0.4, -0.2) is 123 Å². The molecule has 0 aliphatic carbocycles. The molecule has 7 unspecified atom stereocenters. The zero-order valence-corrected chi connectivity index (χ0v) is 39.5. The van der Waals surface area contributed by atoms with Gasteiger partial charge in [0.1, 0.15) is 36.3 Å². The fourth-order valence-corrected chi connectivity index (χ4v) is 9.73. The van der Waals surface area contributed by atoms with Crippen LogP contribution in [-0.2, 0) is 50.7 Å². The van der Waals surface area contributed by atoms with Crippen LogP contribution in [0.25, 0.3) is 11.2 Å². The van der Waals surface area contributed by atoms with Crippen molar-refractivity contribution < 1.29 is 80.5 Å². The van der Waals surface area contributed by atoms with Crippen molar-refractivity contribution in [2.45, 2.75) is 128 Å². The topological polar surface area (TPSA) is 364 Å². The number of thioether (sulfide) groups is 1. The fourth-order valence-electron chi connectivity index (χ4n) is 6.18. The summed E-state index contributed by atoms with van der Waals surface area (Å²) in [4.78, 5) is 88.2. The van der Waals surface area contributed by atoms with Crippen molar-refractivity contribution in [1.29, 1.82) is 0 Å². The number of imidazole rings is 1. The monoisotopic (exact) mass is 989 g/mol. The number of phosphoric acid groups is 3. The molecule has 0 saturated carbocycles. The Kier molecular flexibility index (Phi) is 23.1. The first-order valence-corrected chi connectivity index (χ1v) is 26.3. The van der Waals surface area contributed by atoms with E-state index in [4.69, 9.17) is 19.5 Å². The first-order valence-electron chi connectivity index (χ1n) is 20.8. The molecule has 1 aliphatic heterocycles. The Morgan fingerprint density at radius 1 is 0.938 bits per heavy atom. The van der Waals surface area contributed by atoms with Gasteiger partial charge in [0, 0.05) is 37.1 Å². The molecule has 1 saturated heterocycles. The van der Waals surface area contributed by atoms with Crippen molar-refractivity contribution in [2.75, 3.05) is 37.8 Å². The molecule has 3 heterocycles. The van der Waals surface area contributed by atoms with E-state index in [1.165, 1.54) is 33.1 Å². The van der Waals surface area contributed by atoms with Gasteiger partial charge in [0.15, 0.2) is 22.8 Å². The molecule has 0 bridgehead atoms. The normalized spacial score (nSPS) is 20.6. The number of hydrogen-bond acceptors (Lipinski definition) is 18. The predicted molar refractivity (Wildman–Crippen MR) is 233 cm³/mol. The molecule has 0 spiro atoms. The standard InChI is InChI=1S/C36H62N7O17P3S/c1-4-5-6-7-8-9-10-11-12-13-14-15-16-27(45)64-20-19-38-26(44)17-18-39-34(48)31(47)36(2,3)22-57-63(54,55)60-62(52,53)56-21-25-30(59-61(49,50)51)29(46)35(58-25)43-24-42-28-32(37)40-23-41-33(28)43/h8-9,23-25,29-31,35,46-47H,4-7,10-22H2,1-3H3,(H,38,44)(H,39,48)(H,52,53)(H,54,55)(H2,37,40,41)(H2,49,50,51)/b9-8+. The van der Waals surface area contributed by atoms with Gasteiger partial charge in [-0.3, -0.25) is 32.5 Å². The lowest BCUT2D eigenvalue weighted by atomic mass is 9.87. The van der Waals surface area contributed by atoms with Gasteiger partial charge in [-0.1, -0.05) is 76.8 Å². The lowest BCUT2D eigenvalue weighted by molar-refractivity contribution is -0.137. The van der Waals surface area contributed by atoms with E-state index in [-0.39, 0.29) is 41.6 Å². The number of nitrogens with zero attached hydrogens (tertiary/aromatic N) is 4. The molecule has 2 aromatic rings. The number of carbonyl (C=O) groups is 3. The molecule has 3 rings (SSSR count). The van der Waals surface area contributed by atoms with Crippen LogP contribution in [0, 0.1) is 5.41 Å². The molecule has 1 aliphatic rings. The van der Waals surface area contributed by atoms with Gasteiger partial charge in [0.05, 0.1) is 19.5 Å². The van der Waals surface area contributed by atoms with Crippen LogP contribution in [0.5, 0.6) is 0 Å². The maximum atomic E-state index is 12.7. The minimum absolute atomic E-state index is 0.0327. The number of amides is 2. The van der Waals surface area contributed by atoms with E-state index in [2.05, 4.69) is 53.5 Å². The van der Waals surface area contributed by atoms with Crippen LogP contribution < -0.4 is 16.4 Å². The number of nitrogens with two attached hydrogens (primary N) is 1. The van der Waals surface area contributed by atoms with Gasteiger partial charge in [-0.15, -0.1) is 0 Å². The number of hydrogen-bond donors (Lipinski definition) is 9. The Labute approximate surface area is 375 Å². The summed E-state index contributed by atoms with van der Waals surface area (Å²) in [6, 6.07) is 0. The molecule has 64 heavy (non-hydrogen) atoms. The molecular weight excluding hydrogens is 927 g/mol. The highest BCUT2D eigenvalue weighted by Gasteiger charge is 2.50. The Balaban J connectivity index is 1.34. The lowest BCUT2D eigenvalue weighted by Gasteiger charge is -2.30. The number of aromatic nitrogens is 4. The second-order valence-corrected chi connectivity index (χ2v) is 21.0. The number of unbranched alkanes of at least 4 members (excludes halogenated alkanes) is 8. The summed E-state index contributed by atoms with van der Waals surface area (Å²) in [5.74, 6) is -1.04. The van der Waals surface area contributed by atoms with Gasteiger partial charge in [-0.25, -0.2) is 28.6 Å². The largest absolute Gasteiger partial charge is 0.481 e. The van der Waals surface area contributed by atoms with Gasteiger partial charge in [0.25, 0.3) is 0 Å². The third-order valence-electron chi connectivity index (χ3n) is 9.66. The number of phosphoric ester groups is 3. The highest BCUT2D eigenvalue weighted by molar-refractivity contribution is 8.13. The summed E-state index contributed by atoms with van der Waals surface area (Å²) in [5, 5.41) is 26.6. The quantitative estimate of drug-likeness (QED) is 0.0296. The van der Waals surface area contributed by atoms with E-state index in [1.54, 1.807) is 0 Å². The van der Waals surface area contributed by atoms with Gasteiger partial charge < -0.3 is 50.9 Å². The Bertz CT molecular complexity index is 1990. The van der Waals surface area contributed by atoms with Crippen LogP contribution in [0.1, 0.15) is 104 Å². The van der Waals surface area contributed by atoms with E-state index in [1.807, 2.05) is 0 Å². The Hall–Kier alpha value is -2.70. The number of fused-ring (bicyclic) bond motifs is 1. The summed E-state index contributed by atoms with van der Waals surface area (Å²) < 4.78 is 62.4.